The summed E-state index contributed by atoms with van der Waals surface area (Å²) in [6, 6.07) is 4.19. The second-order valence-corrected chi connectivity index (χ2v) is 4.48. The maximum absolute atomic E-state index is 6.00. The van der Waals surface area contributed by atoms with Gasteiger partial charge in [0.05, 0.1) is 7.05 Å². The molecular formula is C9H13N5S. The van der Waals surface area contributed by atoms with Crippen molar-refractivity contribution in [2.75, 3.05) is 0 Å². The highest BCUT2D eigenvalue weighted by molar-refractivity contribution is 7.09. The number of nitrogens with zero attached hydrogens (tertiary/aromatic N) is 4. The lowest BCUT2D eigenvalue weighted by Gasteiger charge is -2.06. The number of tetrazole rings is 1. The van der Waals surface area contributed by atoms with Gasteiger partial charge in [-0.3, -0.25) is 0 Å². The van der Waals surface area contributed by atoms with E-state index in [1.807, 2.05) is 6.07 Å². The van der Waals surface area contributed by atoms with E-state index in [0.29, 0.717) is 12.2 Å². The largest absolute Gasteiger partial charge is 0.327 e. The average molecular weight is 223 g/mol. The Balaban J connectivity index is 1.90. The molecule has 2 N–H and O–H groups in total. The van der Waals surface area contributed by atoms with Crippen LogP contribution in [-0.2, 0) is 19.9 Å². The van der Waals surface area contributed by atoms with Crippen molar-refractivity contribution in [3.8, 4) is 0 Å². The van der Waals surface area contributed by atoms with Crippen LogP contribution in [0.2, 0.25) is 0 Å². The fraction of sp³-hybridized carbons (Fsp3) is 0.444. The van der Waals surface area contributed by atoms with Gasteiger partial charge in [-0.1, -0.05) is 6.07 Å². The molecule has 0 radical (unpaired) electrons. The quantitative estimate of drug-likeness (QED) is 0.813. The Morgan fingerprint density at radius 3 is 3.00 bits per heavy atom. The summed E-state index contributed by atoms with van der Waals surface area (Å²) in [5.41, 5.74) is 6.00. The van der Waals surface area contributed by atoms with Gasteiger partial charge in [0.2, 0.25) is 0 Å². The summed E-state index contributed by atoms with van der Waals surface area (Å²) < 4.78 is 0. The molecule has 0 aliphatic heterocycles. The van der Waals surface area contributed by atoms with Crippen LogP contribution in [0.15, 0.2) is 17.5 Å². The highest BCUT2D eigenvalue weighted by atomic mass is 32.1. The smallest absolute Gasteiger partial charge is 0.176 e. The van der Waals surface area contributed by atoms with E-state index >= 15 is 0 Å². The van der Waals surface area contributed by atoms with Crippen LogP contribution < -0.4 is 5.73 Å². The number of aryl methyl sites for hydroxylation is 1. The van der Waals surface area contributed by atoms with Crippen LogP contribution in [0.1, 0.15) is 10.7 Å². The summed E-state index contributed by atoms with van der Waals surface area (Å²) >= 11 is 1.73. The van der Waals surface area contributed by atoms with Crippen LogP contribution >= 0.6 is 11.3 Å². The molecule has 0 bridgehead atoms. The summed E-state index contributed by atoms with van der Waals surface area (Å²) in [5, 5.41) is 13.8. The molecule has 5 nitrogen and oxygen atoms in total. The van der Waals surface area contributed by atoms with Crippen LogP contribution in [0.25, 0.3) is 0 Å². The van der Waals surface area contributed by atoms with Crippen molar-refractivity contribution >= 4 is 11.3 Å². The van der Waals surface area contributed by atoms with E-state index in [1.165, 1.54) is 9.67 Å². The van der Waals surface area contributed by atoms with Gasteiger partial charge in [0, 0.05) is 17.3 Å². The molecule has 0 saturated carbocycles. The van der Waals surface area contributed by atoms with Crippen LogP contribution in [0.4, 0.5) is 0 Å². The summed E-state index contributed by atoms with van der Waals surface area (Å²) in [7, 11) is 1.75. The zero-order valence-corrected chi connectivity index (χ0v) is 9.31. The van der Waals surface area contributed by atoms with Crippen molar-refractivity contribution in [2.45, 2.75) is 18.9 Å². The molecule has 2 rings (SSSR count). The fourth-order valence-corrected chi connectivity index (χ4v) is 2.20. The van der Waals surface area contributed by atoms with E-state index in [9.17, 15) is 0 Å². The topological polar surface area (TPSA) is 69.6 Å². The first kappa shape index (κ1) is 10.3. The third-order valence-electron chi connectivity index (χ3n) is 2.04. The molecule has 6 heteroatoms. The number of nitrogens with two attached hydrogens (primary N) is 1. The predicted molar refractivity (Wildman–Crippen MR) is 58.5 cm³/mol. The standard InChI is InChI=1S/C9H13N5S/c1-14-12-9(11-13-14)6-7(10)5-8-3-2-4-15-8/h2-4,7H,5-6,10H2,1H3. The van der Waals surface area contributed by atoms with Gasteiger partial charge < -0.3 is 5.73 Å². The van der Waals surface area contributed by atoms with E-state index in [4.69, 9.17) is 5.73 Å². The minimum atomic E-state index is 0.0628. The third kappa shape index (κ3) is 2.84. The van der Waals surface area contributed by atoms with E-state index in [0.717, 1.165) is 6.42 Å². The van der Waals surface area contributed by atoms with Crippen molar-refractivity contribution in [3.63, 3.8) is 0 Å². The zero-order valence-electron chi connectivity index (χ0n) is 8.50. The summed E-state index contributed by atoms with van der Waals surface area (Å²) in [6.07, 6.45) is 1.54. The highest BCUT2D eigenvalue weighted by Gasteiger charge is 2.09. The molecule has 0 aromatic carbocycles. The minimum absolute atomic E-state index is 0.0628. The Kier molecular flexibility index (Phi) is 3.08. The molecule has 0 fully saturated rings. The average Bonchev–Trinajstić information content (AvgIpc) is 2.77. The normalized spacial score (nSPS) is 12.9. The van der Waals surface area contributed by atoms with Gasteiger partial charge >= 0.3 is 0 Å². The first-order valence-electron chi connectivity index (χ1n) is 4.75. The van der Waals surface area contributed by atoms with Gasteiger partial charge in [-0.2, -0.15) is 4.80 Å². The number of hydrogen-bond acceptors (Lipinski definition) is 5. The predicted octanol–water partition coefficient (Wildman–Crippen LogP) is 0.384. The Morgan fingerprint density at radius 2 is 2.40 bits per heavy atom. The Morgan fingerprint density at radius 1 is 1.53 bits per heavy atom. The van der Waals surface area contributed by atoms with E-state index in [-0.39, 0.29) is 6.04 Å². The molecule has 0 amide bonds. The number of rotatable bonds is 4. The lowest BCUT2D eigenvalue weighted by molar-refractivity contribution is 0.616. The van der Waals surface area contributed by atoms with Crippen molar-refractivity contribution in [1.29, 1.82) is 0 Å². The molecule has 0 aliphatic carbocycles. The van der Waals surface area contributed by atoms with Crippen LogP contribution in [0.3, 0.4) is 0 Å². The van der Waals surface area contributed by atoms with Gasteiger partial charge in [-0.25, -0.2) is 0 Å². The van der Waals surface area contributed by atoms with Crippen molar-refractivity contribution in [3.05, 3.63) is 28.2 Å². The van der Waals surface area contributed by atoms with Crippen molar-refractivity contribution in [1.82, 2.24) is 20.2 Å². The zero-order chi connectivity index (χ0) is 10.7. The summed E-state index contributed by atoms with van der Waals surface area (Å²) in [5.74, 6) is 0.710. The van der Waals surface area contributed by atoms with Crippen LogP contribution in [-0.4, -0.2) is 26.2 Å². The number of hydrogen-bond donors (Lipinski definition) is 1. The number of thiophene rings is 1. The maximum atomic E-state index is 6.00. The molecule has 0 saturated heterocycles. The van der Waals surface area contributed by atoms with Gasteiger partial charge in [-0.05, 0) is 23.1 Å². The van der Waals surface area contributed by atoms with Crippen molar-refractivity contribution in [2.24, 2.45) is 12.8 Å². The van der Waals surface area contributed by atoms with Gasteiger partial charge in [0.15, 0.2) is 5.82 Å². The molecule has 0 spiro atoms. The summed E-state index contributed by atoms with van der Waals surface area (Å²) in [6.45, 7) is 0. The minimum Gasteiger partial charge on any atom is -0.327 e. The van der Waals surface area contributed by atoms with Gasteiger partial charge in [0.25, 0.3) is 0 Å². The maximum Gasteiger partial charge on any atom is 0.176 e. The molecule has 1 atom stereocenters. The summed E-state index contributed by atoms with van der Waals surface area (Å²) in [4.78, 5) is 2.75. The molecule has 1 unspecified atom stereocenters. The van der Waals surface area contributed by atoms with Gasteiger partial charge in [0.1, 0.15) is 0 Å². The van der Waals surface area contributed by atoms with Gasteiger partial charge in [-0.15, -0.1) is 21.5 Å². The molecule has 80 valence electrons. The lowest BCUT2D eigenvalue weighted by Crippen LogP contribution is -2.25. The van der Waals surface area contributed by atoms with Crippen molar-refractivity contribution < 1.29 is 0 Å². The molecule has 2 aromatic heterocycles. The Hall–Kier alpha value is -1.27. The second kappa shape index (κ2) is 4.50. The molecule has 0 aliphatic rings. The van der Waals surface area contributed by atoms with E-state index in [2.05, 4.69) is 26.9 Å². The number of aromatic nitrogens is 4. The molecule has 2 heterocycles. The molecule has 15 heavy (non-hydrogen) atoms. The monoisotopic (exact) mass is 223 g/mol. The van der Waals surface area contributed by atoms with Crippen LogP contribution in [0.5, 0.6) is 0 Å². The molecule has 2 aromatic rings. The van der Waals surface area contributed by atoms with E-state index in [1.54, 1.807) is 18.4 Å². The lowest BCUT2D eigenvalue weighted by atomic mass is 10.1. The van der Waals surface area contributed by atoms with Crippen LogP contribution in [0, 0.1) is 0 Å². The fourth-order valence-electron chi connectivity index (χ4n) is 1.40. The first-order valence-corrected chi connectivity index (χ1v) is 5.63. The Bertz CT molecular complexity index is 408. The molecular weight excluding hydrogens is 210 g/mol. The van der Waals surface area contributed by atoms with E-state index < -0.39 is 0 Å². The third-order valence-corrected chi connectivity index (χ3v) is 2.94. The highest BCUT2D eigenvalue weighted by Crippen LogP contribution is 2.11. The first-order chi connectivity index (χ1) is 7.24. The second-order valence-electron chi connectivity index (χ2n) is 3.44. The SMILES string of the molecule is Cn1nnc(CC(N)Cc2cccs2)n1. The Labute approximate surface area is 91.9 Å².